The van der Waals surface area contributed by atoms with Crippen LogP contribution in [0.3, 0.4) is 0 Å². The minimum atomic E-state index is -1.38. The second-order valence-electron chi connectivity index (χ2n) is 6.69. The highest BCUT2D eigenvalue weighted by atomic mass is 16.5. The van der Waals surface area contributed by atoms with Crippen LogP contribution in [0.15, 0.2) is 60.9 Å². The first-order valence-corrected chi connectivity index (χ1v) is 8.91. The van der Waals surface area contributed by atoms with Crippen LogP contribution < -0.4 is 5.46 Å². The molecule has 6 nitrogen and oxygen atoms in total. The second-order valence-corrected chi connectivity index (χ2v) is 6.69. The molecule has 0 spiro atoms. The van der Waals surface area contributed by atoms with Gasteiger partial charge in [-0.05, 0) is 52.1 Å². The third kappa shape index (κ3) is 4.27. The van der Waals surface area contributed by atoms with Crippen molar-refractivity contribution < 1.29 is 19.6 Å². The zero-order chi connectivity index (χ0) is 20.3. The molecule has 2 aromatic carbocycles. The summed E-state index contributed by atoms with van der Waals surface area (Å²) in [6, 6.07) is 15.4. The molecule has 0 radical (unpaired) electrons. The van der Waals surface area contributed by atoms with Gasteiger partial charge in [-0.1, -0.05) is 18.2 Å². The van der Waals surface area contributed by atoms with E-state index < -0.39 is 7.12 Å². The van der Waals surface area contributed by atoms with Gasteiger partial charge in [0.25, 0.3) is 0 Å². The van der Waals surface area contributed by atoms with Crippen LogP contribution in [0.25, 0.3) is 21.8 Å². The smallest absolute Gasteiger partial charge is 0.469 e. The summed E-state index contributed by atoms with van der Waals surface area (Å²) in [6.07, 6.45) is 4.28. The Hall–Kier alpha value is -3.03. The van der Waals surface area contributed by atoms with Crippen molar-refractivity contribution >= 4 is 40.4 Å². The highest BCUT2D eigenvalue weighted by Gasteiger charge is 2.11. The predicted molar refractivity (Wildman–Crippen MR) is 111 cm³/mol. The van der Waals surface area contributed by atoms with Crippen molar-refractivity contribution in [2.45, 2.75) is 6.42 Å². The molecule has 0 aliphatic rings. The molecule has 0 aliphatic carbocycles. The van der Waals surface area contributed by atoms with E-state index in [1.54, 1.807) is 12.1 Å². The number of carbonyl (C=O) groups excluding carboxylic acids is 1. The van der Waals surface area contributed by atoms with E-state index in [1.807, 2.05) is 67.5 Å². The van der Waals surface area contributed by atoms with E-state index in [2.05, 4.69) is 9.30 Å². The molecule has 0 amide bonds. The third-order valence-corrected chi connectivity index (χ3v) is 4.73. The van der Waals surface area contributed by atoms with Crippen molar-refractivity contribution in [2.75, 3.05) is 7.11 Å². The Labute approximate surface area is 163 Å². The number of rotatable bonds is 3. The summed E-state index contributed by atoms with van der Waals surface area (Å²) in [7, 11) is 3.98. The number of aryl methyl sites for hydroxylation is 2. The molecule has 0 fully saturated rings. The number of esters is 1. The minimum Gasteiger partial charge on any atom is -0.469 e. The first-order chi connectivity index (χ1) is 13.4. The average Bonchev–Trinajstić information content (AvgIpc) is 3.24. The minimum absolute atomic E-state index is 0.203. The largest absolute Gasteiger partial charge is 0.488 e. The fourth-order valence-electron chi connectivity index (χ4n) is 3.14. The number of hydrogen-bond acceptors (Lipinski definition) is 4. The lowest BCUT2D eigenvalue weighted by molar-refractivity contribution is -0.139. The topological polar surface area (TPSA) is 76.6 Å². The number of nitrogens with zero attached hydrogens (tertiary/aromatic N) is 2. The van der Waals surface area contributed by atoms with Gasteiger partial charge in [0.15, 0.2) is 0 Å². The van der Waals surface area contributed by atoms with Crippen LogP contribution in [-0.2, 0) is 30.0 Å². The number of aromatic nitrogens is 2. The Morgan fingerprint density at radius 3 is 2.07 bits per heavy atom. The van der Waals surface area contributed by atoms with Crippen molar-refractivity contribution in [3.8, 4) is 0 Å². The van der Waals surface area contributed by atoms with Crippen LogP contribution in [0.5, 0.6) is 0 Å². The number of hydrogen-bond donors (Lipinski definition) is 2. The zero-order valence-corrected chi connectivity index (χ0v) is 16.2. The van der Waals surface area contributed by atoms with Gasteiger partial charge in [-0.3, -0.25) is 4.79 Å². The van der Waals surface area contributed by atoms with Gasteiger partial charge in [-0.25, -0.2) is 0 Å². The average molecular weight is 378 g/mol. The van der Waals surface area contributed by atoms with E-state index in [4.69, 9.17) is 10.0 Å². The molecule has 0 unspecified atom stereocenters. The van der Waals surface area contributed by atoms with E-state index in [9.17, 15) is 4.79 Å². The van der Waals surface area contributed by atoms with Crippen LogP contribution in [0.4, 0.5) is 0 Å². The lowest BCUT2D eigenvalue weighted by Gasteiger charge is -2.01. The summed E-state index contributed by atoms with van der Waals surface area (Å²) in [5.41, 5.74) is 3.77. The maximum atomic E-state index is 11.1. The number of benzene rings is 2. The monoisotopic (exact) mass is 378 g/mol. The quantitative estimate of drug-likeness (QED) is 0.421. The summed E-state index contributed by atoms with van der Waals surface area (Å²) in [4.78, 5) is 11.1. The lowest BCUT2D eigenvalue weighted by atomic mass is 9.80. The molecule has 0 bridgehead atoms. The van der Waals surface area contributed by atoms with Crippen molar-refractivity contribution in [3.63, 3.8) is 0 Å². The van der Waals surface area contributed by atoms with E-state index in [-0.39, 0.29) is 5.97 Å². The molecule has 2 aromatic heterocycles. The summed E-state index contributed by atoms with van der Waals surface area (Å²) in [5, 5.41) is 20.1. The Morgan fingerprint density at radius 2 is 1.50 bits per heavy atom. The molecule has 0 atom stereocenters. The zero-order valence-electron chi connectivity index (χ0n) is 16.2. The van der Waals surface area contributed by atoms with Crippen LogP contribution in [0.2, 0.25) is 0 Å². The van der Waals surface area contributed by atoms with Crippen LogP contribution in [-0.4, -0.2) is 39.4 Å². The van der Waals surface area contributed by atoms with Crippen molar-refractivity contribution in [1.82, 2.24) is 9.13 Å². The van der Waals surface area contributed by atoms with Crippen molar-refractivity contribution in [2.24, 2.45) is 14.1 Å². The molecule has 28 heavy (non-hydrogen) atoms. The first-order valence-electron chi connectivity index (χ1n) is 8.91. The summed E-state index contributed by atoms with van der Waals surface area (Å²) in [6.45, 7) is 0. The fourth-order valence-corrected chi connectivity index (χ4v) is 3.14. The summed E-state index contributed by atoms with van der Waals surface area (Å²) >= 11 is 0. The SMILES string of the molecule is COC(=O)Cc1ccc2c(ccn2C)c1.Cn1ccc2cc(B(O)O)ccc21. The van der Waals surface area contributed by atoms with Gasteiger partial charge in [0.05, 0.1) is 13.5 Å². The number of fused-ring (bicyclic) bond motifs is 2. The van der Waals surface area contributed by atoms with E-state index in [0.717, 1.165) is 21.9 Å². The van der Waals surface area contributed by atoms with Gasteiger partial charge >= 0.3 is 13.1 Å². The van der Waals surface area contributed by atoms with Gasteiger partial charge in [-0.15, -0.1) is 0 Å². The maximum Gasteiger partial charge on any atom is 0.488 e. The fraction of sp³-hybridized carbons (Fsp3) is 0.190. The third-order valence-electron chi connectivity index (χ3n) is 4.73. The molecule has 0 saturated carbocycles. The van der Waals surface area contributed by atoms with E-state index in [0.29, 0.717) is 11.9 Å². The number of methoxy groups -OCH3 is 1. The van der Waals surface area contributed by atoms with Crippen molar-refractivity contribution in [1.29, 1.82) is 0 Å². The van der Waals surface area contributed by atoms with Gasteiger partial charge in [-0.2, -0.15) is 0 Å². The Balaban J connectivity index is 0.000000162. The first kappa shape index (κ1) is 19.7. The Kier molecular flexibility index (Phi) is 5.87. The normalized spacial score (nSPS) is 10.6. The van der Waals surface area contributed by atoms with E-state index >= 15 is 0 Å². The van der Waals surface area contributed by atoms with Crippen LogP contribution >= 0.6 is 0 Å². The van der Waals surface area contributed by atoms with Crippen LogP contribution in [0.1, 0.15) is 5.56 Å². The molecular weight excluding hydrogens is 355 g/mol. The van der Waals surface area contributed by atoms with Gasteiger partial charge in [0.1, 0.15) is 0 Å². The van der Waals surface area contributed by atoms with E-state index in [1.165, 1.54) is 12.6 Å². The molecule has 4 rings (SSSR count). The molecule has 0 aliphatic heterocycles. The lowest BCUT2D eigenvalue weighted by Crippen LogP contribution is -2.29. The molecular formula is C21H23BN2O4. The van der Waals surface area contributed by atoms with Gasteiger partial charge in [0, 0.05) is 37.5 Å². The molecule has 4 aromatic rings. The molecule has 7 heteroatoms. The van der Waals surface area contributed by atoms with Crippen molar-refractivity contribution in [3.05, 3.63) is 66.5 Å². The van der Waals surface area contributed by atoms with Crippen LogP contribution in [0, 0.1) is 0 Å². The Morgan fingerprint density at radius 1 is 0.929 bits per heavy atom. The Bertz CT molecular complexity index is 1110. The number of ether oxygens (including phenoxy) is 1. The highest BCUT2D eigenvalue weighted by Crippen LogP contribution is 2.17. The molecule has 144 valence electrons. The highest BCUT2D eigenvalue weighted by molar-refractivity contribution is 6.58. The number of carbonyl (C=O) groups is 1. The maximum absolute atomic E-state index is 11.1. The summed E-state index contributed by atoms with van der Waals surface area (Å²) in [5.74, 6) is -0.203. The van der Waals surface area contributed by atoms with Gasteiger partial charge < -0.3 is 23.9 Å². The molecule has 2 heterocycles. The molecule has 0 saturated heterocycles. The standard InChI is InChI=1S/C12H13NO2.C9H10BNO2/c1-13-6-5-10-7-9(3-4-11(10)13)8-12(14)15-2;1-11-5-4-7-6-8(10(12)13)2-3-9(7)11/h3-7H,8H2,1-2H3;2-6,12-13H,1H3. The summed E-state index contributed by atoms with van der Waals surface area (Å²) < 4.78 is 8.67. The predicted octanol–water partition coefficient (Wildman–Crippen LogP) is 1.75. The van der Waals surface area contributed by atoms with Gasteiger partial charge in [0.2, 0.25) is 0 Å². The second kappa shape index (κ2) is 8.33. The molecule has 2 N–H and O–H groups in total.